The number of carbonyl (C=O) groups is 3. The summed E-state index contributed by atoms with van der Waals surface area (Å²) in [6.07, 6.45) is 0. The van der Waals surface area contributed by atoms with Crippen molar-refractivity contribution < 1.29 is 23.9 Å². The van der Waals surface area contributed by atoms with Crippen molar-refractivity contribution in [3.8, 4) is 6.07 Å². The average Bonchev–Trinajstić information content (AvgIpc) is 3.33. The molecule has 0 radical (unpaired) electrons. The zero-order chi connectivity index (χ0) is 25.1. The third kappa shape index (κ3) is 4.04. The minimum atomic E-state index is -0.952. The van der Waals surface area contributed by atoms with Crippen molar-refractivity contribution in [1.29, 1.82) is 5.26 Å². The van der Waals surface area contributed by atoms with Crippen molar-refractivity contribution in [1.82, 2.24) is 5.32 Å². The summed E-state index contributed by atoms with van der Waals surface area (Å²) in [5.74, 6) is -2.64. The van der Waals surface area contributed by atoms with Crippen LogP contribution in [0.5, 0.6) is 0 Å². The molecule has 2 heterocycles. The Kier molecular flexibility index (Phi) is 6.42. The van der Waals surface area contributed by atoms with E-state index in [9.17, 15) is 19.6 Å². The summed E-state index contributed by atoms with van der Waals surface area (Å²) in [4.78, 5) is 41.3. The summed E-state index contributed by atoms with van der Waals surface area (Å²) in [5.41, 5.74) is 7.81. The van der Waals surface area contributed by atoms with Gasteiger partial charge in [-0.2, -0.15) is 5.26 Å². The maximum atomic E-state index is 13.1. The number of esters is 2. The van der Waals surface area contributed by atoms with E-state index in [4.69, 9.17) is 15.2 Å². The second kappa shape index (κ2) is 9.61. The molecule has 1 saturated heterocycles. The molecule has 0 saturated carbocycles. The molecule has 0 aliphatic carbocycles. The minimum Gasteiger partial charge on any atom is -0.466 e. The zero-order valence-electron chi connectivity index (χ0n) is 19.1. The van der Waals surface area contributed by atoms with Crippen LogP contribution in [-0.4, -0.2) is 45.3 Å². The highest BCUT2D eigenvalue weighted by atomic mass is 16.5. The number of nitrogens with one attached hydrogen (secondary N) is 1. The molecule has 1 atom stereocenters. The van der Waals surface area contributed by atoms with Crippen LogP contribution in [0.1, 0.15) is 11.5 Å². The summed E-state index contributed by atoms with van der Waals surface area (Å²) in [6.45, 7) is 0.951. The molecule has 0 aromatic heterocycles. The molecule has 1 fully saturated rings. The van der Waals surface area contributed by atoms with Gasteiger partial charge in [0, 0.05) is 24.5 Å². The number of hydrogen-bond donors (Lipinski definition) is 2. The summed E-state index contributed by atoms with van der Waals surface area (Å²) in [6, 6.07) is 17.3. The molecule has 0 bridgehead atoms. The van der Waals surface area contributed by atoms with Crippen molar-refractivity contribution in [2.45, 2.75) is 5.92 Å². The van der Waals surface area contributed by atoms with Crippen molar-refractivity contribution in [3.63, 3.8) is 0 Å². The van der Waals surface area contributed by atoms with Gasteiger partial charge in [-0.15, -0.1) is 0 Å². The number of anilines is 2. The molecule has 0 spiro atoms. The number of rotatable bonds is 5. The Hall–Kier alpha value is -4.78. The van der Waals surface area contributed by atoms with Gasteiger partial charge in [0.2, 0.25) is 0 Å². The van der Waals surface area contributed by atoms with Crippen LogP contribution in [0.4, 0.5) is 16.2 Å². The lowest BCUT2D eigenvalue weighted by Crippen LogP contribution is -2.40. The van der Waals surface area contributed by atoms with Gasteiger partial charge in [0.25, 0.3) is 0 Å². The van der Waals surface area contributed by atoms with Crippen LogP contribution in [0.2, 0.25) is 0 Å². The van der Waals surface area contributed by atoms with E-state index in [1.807, 2.05) is 0 Å². The molecule has 178 valence electrons. The smallest absolute Gasteiger partial charge is 0.355 e. The SMILES string of the molecule is COC(=O)C1=C(C(=O)OC)N(c2cccc(N3CCNC3=O)c2)C(N)=C(C#N)C1c1ccccc1. The molecule has 2 aromatic rings. The predicted molar refractivity (Wildman–Crippen MR) is 127 cm³/mol. The van der Waals surface area contributed by atoms with E-state index in [0.29, 0.717) is 30.0 Å². The third-order valence-corrected chi connectivity index (χ3v) is 5.87. The van der Waals surface area contributed by atoms with Crippen LogP contribution < -0.4 is 20.9 Å². The normalized spacial score (nSPS) is 17.7. The third-order valence-electron chi connectivity index (χ3n) is 5.87. The lowest BCUT2D eigenvalue weighted by molar-refractivity contribution is -0.139. The van der Waals surface area contributed by atoms with E-state index in [0.717, 1.165) is 0 Å². The number of nitrogens with two attached hydrogens (primary N) is 1. The number of methoxy groups -OCH3 is 2. The molecule has 10 nitrogen and oxygen atoms in total. The number of carbonyl (C=O) groups excluding carboxylic acids is 3. The highest BCUT2D eigenvalue weighted by Crippen LogP contribution is 2.43. The second-order valence-electron chi connectivity index (χ2n) is 7.74. The molecule has 1 unspecified atom stereocenters. The Labute approximate surface area is 201 Å². The fourth-order valence-corrected chi connectivity index (χ4v) is 4.30. The largest absolute Gasteiger partial charge is 0.466 e. The number of nitrogens with zero attached hydrogens (tertiary/aromatic N) is 3. The molecular weight excluding hydrogens is 450 g/mol. The predicted octanol–water partition coefficient (Wildman–Crippen LogP) is 2.11. The molecule has 2 amide bonds. The Bertz CT molecular complexity index is 1290. The van der Waals surface area contributed by atoms with Crippen molar-refractivity contribution in [2.24, 2.45) is 5.73 Å². The van der Waals surface area contributed by atoms with Gasteiger partial charge in [0.05, 0.1) is 37.4 Å². The number of urea groups is 1. The molecular formula is C25H23N5O5. The van der Waals surface area contributed by atoms with Crippen LogP contribution in [0.25, 0.3) is 0 Å². The number of ether oxygens (including phenoxy) is 2. The molecule has 3 N–H and O–H groups in total. The van der Waals surface area contributed by atoms with Gasteiger partial charge in [0.15, 0.2) is 0 Å². The Morgan fingerprint density at radius 1 is 1.06 bits per heavy atom. The minimum absolute atomic E-state index is 0.0440. The number of allylic oxidation sites excluding steroid dienone is 1. The Morgan fingerprint density at radius 3 is 2.34 bits per heavy atom. The highest BCUT2D eigenvalue weighted by Gasteiger charge is 2.43. The topological polar surface area (TPSA) is 138 Å². The van der Waals surface area contributed by atoms with Crippen molar-refractivity contribution in [2.75, 3.05) is 37.1 Å². The Morgan fingerprint density at radius 2 is 1.74 bits per heavy atom. The first-order valence-corrected chi connectivity index (χ1v) is 10.7. The molecule has 35 heavy (non-hydrogen) atoms. The van der Waals surface area contributed by atoms with Gasteiger partial charge in [-0.3, -0.25) is 9.80 Å². The number of hydrogen-bond acceptors (Lipinski definition) is 8. The quantitative estimate of drug-likeness (QED) is 0.630. The van der Waals surface area contributed by atoms with Crippen molar-refractivity contribution in [3.05, 3.63) is 82.8 Å². The van der Waals surface area contributed by atoms with Crippen LogP contribution in [-0.2, 0) is 19.1 Å². The zero-order valence-corrected chi connectivity index (χ0v) is 19.1. The summed E-state index contributed by atoms with van der Waals surface area (Å²) >= 11 is 0. The van der Waals surface area contributed by atoms with E-state index in [1.165, 1.54) is 24.0 Å². The lowest BCUT2D eigenvalue weighted by Gasteiger charge is -2.36. The van der Waals surface area contributed by atoms with E-state index in [2.05, 4.69) is 11.4 Å². The van der Waals surface area contributed by atoms with Gasteiger partial charge >= 0.3 is 18.0 Å². The number of benzene rings is 2. The monoisotopic (exact) mass is 473 g/mol. The second-order valence-corrected chi connectivity index (χ2v) is 7.74. The number of nitriles is 1. The van der Waals surface area contributed by atoms with Gasteiger partial charge in [-0.25, -0.2) is 14.4 Å². The van der Waals surface area contributed by atoms with Gasteiger partial charge in [-0.1, -0.05) is 36.4 Å². The fraction of sp³-hybridized carbons (Fsp3) is 0.200. The van der Waals surface area contributed by atoms with Crippen LogP contribution in [0.15, 0.2) is 77.3 Å². The molecule has 2 aliphatic rings. The fourth-order valence-electron chi connectivity index (χ4n) is 4.30. The molecule has 2 aliphatic heterocycles. The van der Waals surface area contributed by atoms with E-state index in [1.54, 1.807) is 54.6 Å². The van der Waals surface area contributed by atoms with Crippen LogP contribution in [0, 0.1) is 11.3 Å². The first-order chi connectivity index (χ1) is 16.9. The maximum Gasteiger partial charge on any atom is 0.355 e. The van der Waals surface area contributed by atoms with Gasteiger partial charge < -0.3 is 20.5 Å². The summed E-state index contributed by atoms with van der Waals surface area (Å²) in [5, 5.41) is 12.8. The average molecular weight is 473 g/mol. The van der Waals surface area contributed by atoms with E-state index >= 15 is 0 Å². The lowest BCUT2D eigenvalue weighted by atomic mass is 9.81. The maximum absolute atomic E-state index is 13.1. The van der Waals surface area contributed by atoms with Crippen LogP contribution in [0.3, 0.4) is 0 Å². The molecule has 10 heteroatoms. The van der Waals surface area contributed by atoms with Crippen molar-refractivity contribution >= 4 is 29.3 Å². The van der Waals surface area contributed by atoms with Crippen LogP contribution >= 0.6 is 0 Å². The van der Waals surface area contributed by atoms with E-state index < -0.39 is 17.9 Å². The highest BCUT2D eigenvalue weighted by molar-refractivity contribution is 6.06. The first kappa shape index (κ1) is 23.4. The van der Waals surface area contributed by atoms with Gasteiger partial charge in [0.1, 0.15) is 11.5 Å². The summed E-state index contributed by atoms with van der Waals surface area (Å²) in [7, 11) is 2.38. The molecule has 2 aromatic carbocycles. The van der Waals surface area contributed by atoms with Gasteiger partial charge in [-0.05, 0) is 23.8 Å². The molecule has 4 rings (SSSR count). The first-order valence-electron chi connectivity index (χ1n) is 10.7. The Balaban J connectivity index is 1.99. The standard InChI is InChI=1S/C25H23N5O5/c1-34-23(31)20-19(15-7-4-3-5-8-15)18(14-26)22(27)30(21(20)24(32)35-2)17-10-6-9-16(13-17)29-12-11-28-25(29)33/h3-10,13,19H,11-12,27H2,1-2H3,(H,28,33). The summed E-state index contributed by atoms with van der Waals surface area (Å²) < 4.78 is 10.1. The number of amides is 2. The van der Waals surface area contributed by atoms with E-state index in [-0.39, 0.29) is 28.7 Å².